The van der Waals surface area contributed by atoms with Gasteiger partial charge in [0.05, 0.1) is 18.8 Å². The number of hydrogen-bond acceptors (Lipinski definition) is 5. The Bertz CT molecular complexity index is 808. The Labute approximate surface area is 177 Å². The maximum atomic E-state index is 11.7. The van der Waals surface area contributed by atoms with Crippen molar-refractivity contribution in [3.63, 3.8) is 0 Å². The topological polar surface area (TPSA) is 82.1 Å². The van der Waals surface area contributed by atoms with Crippen molar-refractivity contribution >= 4 is 17.5 Å². The third-order valence-electron chi connectivity index (χ3n) is 4.92. The number of unbranched alkanes of at least 4 members (excludes halogenated alkanes) is 3. The lowest BCUT2D eigenvalue weighted by Gasteiger charge is -2.33. The van der Waals surface area contributed by atoms with Crippen molar-refractivity contribution in [3.8, 4) is 0 Å². The lowest BCUT2D eigenvalue weighted by molar-refractivity contribution is -0.185. The van der Waals surface area contributed by atoms with Crippen LogP contribution in [-0.4, -0.2) is 43.2 Å². The Hall–Kier alpha value is -2.70. The van der Waals surface area contributed by atoms with Crippen LogP contribution in [0.1, 0.15) is 44.6 Å². The summed E-state index contributed by atoms with van der Waals surface area (Å²) in [4.78, 5) is 23.0. The molecular formula is C24H30O6. The van der Waals surface area contributed by atoms with Crippen molar-refractivity contribution in [3.05, 3.63) is 65.8 Å². The van der Waals surface area contributed by atoms with Gasteiger partial charge < -0.3 is 19.3 Å². The predicted octanol–water partition coefficient (Wildman–Crippen LogP) is 4.52. The van der Waals surface area contributed by atoms with Gasteiger partial charge in [0.15, 0.2) is 5.79 Å². The van der Waals surface area contributed by atoms with E-state index in [1.165, 1.54) is 0 Å². The maximum absolute atomic E-state index is 11.7. The smallest absolute Gasteiger partial charge is 0.335 e. The zero-order valence-corrected chi connectivity index (χ0v) is 17.7. The molecule has 1 aromatic rings. The molecule has 162 valence electrons. The average Bonchev–Trinajstić information content (AvgIpc) is 2.75. The lowest BCUT2D eigenvalue weighted by Crippen LogP contribution is -2.35. The number of carboxylic acid groups (broad SMARTS) is 1. The summed E-state index contributed by atoms with van der Waals surface area (Å²) < 4.78 is 16.8. The highest BCUT2D eigenvalue weighted by Gasteiger charge is 2.35. The summed E-state index contributed by atoms with van der Waals surface area (Å²) >= 11 is 0. The molecule has 6 heteroatoms. The number of ether oxygens (including phenoxy) is 3. The molecule has 1 N–H and O–H groups in total. The van der Waals surface area contributed by atoms with E-state index in [-0.39, 0.29) is 11.5 Å². The Morgan fingerprint density at radius 2 is 1.77 bits per heavy atom. The highest BCUT2D eigenvalue weighted by atomic mass is 16.7. The monoisotopic (exact) mass is 414 g/mol. The second-order valence-corrected chi connectivity index (χ2v) is 7.27. The van der Waals surface area contributed by atoms with Crippen molar-refractivity contribution in [2.24, 2.45) is 0 Å². The number of rotatable bonds is 12. The number of methoxy groups -OCH3 is 1. The number of carbonyl (C=O) groups excluding carboxylic acids is 1. The quantitative estimate of drug-likeness (QED) is 0.234. The first-order valence-corrected chi connectivity index (χ1v) is 10.1. The molecule has 1 unspecified atom stereocenters. The third kappa shape index (κ3) is 6.68. The molecule has 0 spiro atoms. The minimum atomic E-state index is -0.985. The van der Waals surface area contributed by atoms with E-state index in [0.717, 1.165) is 31.2 Å². The second kappa shape index (κ2) is 11.5. The molecule has 1 aliphatic carbocycles. The summed E-state index contributed by atoms with van der Waals surface area (Å²) in [6.45, 7) is 6.05. The lowest BCUT2D eigenvalue weighted by atomic mass is 9.88. The van der Waals surface area contributed by atoms with Crippen LogP contribution in [-0.2, 0) is 23.8 Å². The van der Waals surface area contributed by atoms with Crippen LogP contribution in [0.25, 0.3) is 5.57 Å². The first-order chi connectivity index (χ1) is 14.4. The van der Waals surface area contributed by atoms with Crippen molar-refractivity contribution < 1.29 is 28.9 Å². The summed E-state index contributed by atoms with van der Waals surface area (Å²) in [6, 6.07) is 9.42. The summed E-state index contributed by atoms with van der Waals surface area (Å²) in [5.74, 6) is -2.31. The molecule has 30 heavy (non-hydrogen) atoms. The van der Waals surface area contributed by atoms with E-state index in [1.54, 1.807) is 26.2 Å². The SMILES string of the molecule is C=C(C)C(=O)OCCCCCCOC1(OC)C=CC(C(=O)O)=C(c2ccccc2)C1. The van der Waals surface area contributed by atoms with E-state index in [0.29, 0.717) is 30.8 Å². The molecule has 1 aromatic carbocycles. The molecule has 2 rings (SSSR count). The Balaban J connectivity index is 1.85. The highest BCUT2D eigenvalue weighted by molar-refractivity contribution is 6.00. The molecule has 1 atom stereocenters. The van der Waals surface area contributed by atoms with Gasteiger partial charge in [0.1, 0.15) is 0 Å². The zero-order chi connectivity index (χ0) is 22.0. The summed E-state index contributed by atoms with van der Waals surface area (Å²) in [6.07, 6.45) is 7.02. The van der Waals surface area contributed by atoms with Gasteiger partial charge in [-0.2, -0.15) is 0 Å². The van der Waals surface area contributed by atoms with Crippen molar-refractivity contribution in [2.45, 2.75) is 44.8 Å². The molecule has 0 amide bonds. The van der Waals surface area contributed by atoms with E-state index < -0.39 is 11.8 Å². The van der Waals surface area contributed by atoms with Gasteiger partial charge in [0.2, 0.25) is 0 Å². The molecular weight excluding hydrogens is 384 g/mol. The Morgan fingerprint density at radius 3 is 2.37 bits per heavy atom. The number of esters is 1. The molecule has 0 bridgehead atoms. The van der Waals surface area contributed by atoms with Gasteiger partial charge in [-0.25, -0.2) is 9.59 Å². The molecule has 0 saturated carbocycles. The first-order valence-electron chi connectivity index (χ1n) is 10.1. The standard InChI is InChI=1S/C24H30O6/c1-18(2)23(27)29-15-9-4-5-10-16-30-24(28-3)14-13-20(22(25)26)21(17-24)19-11-7-6-8-12-19/h6-8,11-14H,1,4-5,9-10,15-17H2,2-3H3,(H,25,26). The van der Waals surface area contributed by atoms with Gasteiger partial charge in [0.25, 0.3) is 0 Å². The Kier molecular flexibility index (Phi) is 9.02. The zero-order valence-electron chi connectivity index (χ0n) is 17.7. The van der Waals surface area contributed by atoms with Crippen molar-refractivity contribution in [1.82, 2.24) is 0 Å². The minimum Gasteiger partial charge on any atom is -0.478 e. The van der Waals surface area contributed by atoms with Gasteiger partial charge in [-0.15, -0.1) is 0 Å². The van der Waals surface area contributed by atoms with Crippen molar-refractivity contribution in [2.75, 3.05) is 20.3 Å². The molecule has 0 radical (unpaired) electrons. The van der Waals surface area contributed by atoms with Gasteiger partial charge >= 0.3 is 11.9 Å². The molecule has 0 aromatic heterocycles. The van der Waals surface area contributed by atoms with E-state index in [4.69, 9.17) is 14.2 Å². The number of carbonyl (C=O) groups is 2. The fraction of sp³-hybridized carbons (Fsp3) is 0.417. The largest absolute Gasteiger partial charge is 0.478 e. The Morgan fingerprint density at radius 1 is 1.10 bits per heavy atom. The van der Waals surface area contributed by atoms with E-state index >= 15 is 0 Å². The highest BCUT2D eigenvalue weighted by Crippen LogP contribution is 2.36. The van der Waals surface area contributed by atoms with Crippen LogP contribution >= 0.6 is 0 Å². The minimum absolute atomic E-state index is 0.252. The van der Waals surface area contributed by atoms with Gasteiger partial charge in [-0.1, -0.05) is 43.3 Å². The third-order valence-corrected chi connectivity index (χ3v) is 4.92. The van der Waals surface area contributed by atoms with Crippen LogP contribution in [0.15, 0.2) is 60.2 Å². The number of carboxylic acids is 1. The molecule has 0 heterocycles. The van der Waals surface area contributed by atoms with Gasteiger partial charge in [0, 0.05) is 19.1 Å². The number of hydrogen-bond donors (Lipinski definition) is 1. The molecule has 6 nitrogen and oxygen atoms in total. The fourth-order valence-corrected chi connectivity index (χ4v) is 3.20. The predicted molar refractivity (Wildman–Crippen MR) is 115 cm³/mol. The van der Waals surface area contributed by atoms with Crippen LogP contribution in [0, 0.1) is 0 Å². The first kappa shape index (κ1) is 23.6. The van der Waals surface area contributed by atoms with Gasteiger partial charge in [-0.3, -0.25) is 0 Å². The van der Waals surface area contributed by atoms with Crippen LogP contribution in [0.4, 0.5) is 0 Å². The molecule has 0 fully saturated rings. The van der Waals surface area contributed by atoms with Crippen LogP contribution in [0.2, 0.25) is 0 Å². The molecule has 0 saturated heterocycles. The number of aliphatic carboxylic acids is 1. The second-order valence-electron chi connectivity index (χ2n) is 7.27. The summed E-state index contributed by atoms with van der Waals surface area (Å²) in [5, 5.41) is 9.57. The van der Waals surface area contributed by atoms with Crippen LogP contribution in [0.5, 0.6) is 0 Å². The van der Waals surface area contributed by atoms with E-state index in [1.807, 2.05) is 30.3 Å². The molecule has 0 aliphatic heterocycles. The fourth-order valence-electron chi connectivity index (χ4n) is 3.20. The number of benzene rings is 1. The van der Waals surface area contributed by atoms with Crippen molar-refractivity contribution in [1.29, 1.82) is 0 Å². The van der Waals surface area contributed by atoms with E-state index in [2.05, 4.69) is 6.58 Å². The van der Waals surface area contributed by atoms with E-state index in [9.17, 15) is 14.7 Å². The average molecular weight is 414 g/mol. The summed E-state index contributed by atoms with van der Waals surface area (Å²) in [5.41, 5.74) is 2.19. The normalized spacial score (nSPS) is 18.3. The van der Waals surface area contributed by atoms with Gasteiger partial charge in [-0.05, 0) is 49.5 Å². The summed E-state index contributed by atoms with van der Waals surface area (Å²) in [7, 11) is 1.56. The molecule has 1 aliphatic rings. The van der Waals surface area contributed by atoms with Crippen LogP contribution in [0.3, 0.4) is 0 Å². The maximum Gasteiger partial charge on any atom is 0.335 e. The van der Waals surface area contributed by atoms with Crippen LogP contribution < -0.4 is 0 Å².